The van der Waals surface area contributed by atoms with Crippen LogP contribution in [0.5, 0.6) is 0 Å². The molecule has 1 fully saturated rings. The van der Waals surface area contributed by atoms with E-state index >= 15 is 0 Å². The van der Waals surface area contributed by atoms with Crippen LogP contribution in [0.1, 0.15) is 19.3 Å². The molecule has 0 aromatic rings. The van der Waals surface area contributed by atoms with Crippen molar-refractivity contribution in [2.24, 2.45) is 0 Å². The van der Waals surface area contributed by atoms with Gasteiger partial charge in [-0.3, -0.25) is 19.2 Å². The lowest BCUT2D eigenvalue weighted by atomic mass is 10.3. The minimum absolute atomic E-state index is 0.222. The van der Waals surface area contributed by atoms with Crippen LogP contribution in [0.4, 0.5) is 0 Å². The molecular formula is C11H18N4O4. The largest absolute Gasteiger partial charge is 0.356 e. The summed E-state index contributed by atoms with van der Waals surface area (Å²) in [7, 11) is 0. The SMILES string of the molecule is O=C1CC(=O)NCCNC(=O)CC(=O)NCCCN1. The van der Waals surface area contributed by atoms with Crippen LogP contribution in [0.25, 0.3) is 0 Å². The Kier molecular flexibility index (Phi) is 6.34. The molecule has 1 rings (SSSR count). The van der Waals surface area contributed by atoms with Gasteiger partial charge < -0.3 is 21.3 Å². The molecule has 0 aromatic heterocycles. The van der Waals surface area contributed by atoms with Gasteiger partial charge in [-0.2, -0.15) is 0 Å². The van der Waals surface area contributed by atoms with Crippen LogP contribution < -0.4 is 21.3 Å². The van der Waals surface area contributed by atoms with Crippen molar-refractivity contribution >= 4 is 23.6 Å². The van der Waals surface area contributed by atoms with Crippen LogP contribution in [0.2, 0.25) is 0 Å². The molecule has 19 heavy (non-hydrogen) atoms. The Labute approximate surface area is 110 Å². The number of amides is 4. The summed E-state index contributed by atoms with van der Waals surface area (Å²) in [6.45, 7) is 1.19. The first kappa shape index (κ1) is 14.9. The molecule has 1 saturated heterocycles. The molecule has 0 atom stereocenters. The van der Waals surface area contributed by atoms with Gasteiger partial charge in [-0.05, 0) is 6.42 Å². The highest BCUT2D eigenvalue weighted by Gasteiger charge is 2.11. The van der Waals surface area contributed by atoms with E-state index in [0.29, 0.717) is 19.5 Å². The van der Waals surface area contributed by atoms with Crippen molar-refractivity contribution in [3.05, 3.63) is 0 Å². The molecule has 4 N–H and O–H groups in total. The Bertz CT molecular complexity index is 336. The van der Waals surface area contributed by atoms with Gasteiger partial charge in [0.2, 0.25) is 23.6 Å². The second-order valence-corrected chi connectivity index (χ2v) is 4.11. The van der Waals surface area contributed by atoms with Crippen LogP contribution >= 0.6 is 0 Å². The average Bonchev–Trinajstić information content (AvgIpc) is 2.33. The summed E-state index contributed by atoms with van der Waals surface area (Å²) in [5, 5.41) is 10.1. The summed E-state index contributed by atoms with van der Waals surface area (Å²) >= 11 is 0. The topological polar surface area (TPSA) is 116 Å². The third-order valence-corrected chi connectivity index (χ3v) is 2.41. The van der Waals surface area contributed by atoms with Crippen molar-refractivity contribution in [1.29, 1.82) is 0 Å². The molecule has 4 amide bonds. The lowest BCUT2D eigenvalue weighted by Crippen LogP contribution is -2.37. The smallest absolute Gasteiger partial charge is 0.229 e. The summed E-state index contributed by atoms with van der Waals surface area (Å²) in [5.74, 6) is -1.50. The fourth-order valence-corrected chi connectivity index (χ4v) is 1.49. The highest BCUT2D eigenvalue weighted by atomic mass is 16.2. The van der Waals surface area contributed by atoms with Gasteiger partial charge in [0.1, 0.15) is 12.8 Å². The van der Waals surface area contributed by atoms with Crippen LogP contribution in [-0.2, 0) is 19.2 Å². The second kappa shape index (κ2) is 8.06. The van der Waals surface area contributed by atoms with Gasteiger partial charge in [0, 0.05) is 26.2 Å². The third-order valence-electron chi connectivity index (χ3n) is 2.41. The van der Waals surface area contributed by atoms with Crippen molar-refractivity contribution in [1.82, 2.24) is 21.3 Å². The lowest BCUT2D eigenvalue weighted by molar-refractivity contribution is -0.131. The predicted molar refractivity (Wildman–Crippen MR) is 65.9 cm³/mol. The Morgan fingerprint density at radius 1 is 0.526 bits per heavy atom. The predicted octanol–water partition coefficient (Wildman–Crippen LogP) is -2.36. The maximum atomic E-state index is 11.3. The molecule has 0 aromatic carbocycles. The standard InChI is InChI=1S/C11H18N4O4/c16-8-6-10(18)14-4-5-15-11(19)7-9(17)13-3-1-2-12-8/h1-7H2,(H,12,16)(H,13,17)(H,14,18)(H,15,19). The first-order valence-corrected chi connectivity index (χ1v) is 6.14. The van der Waals surface area contributed by atoms with Crippen molar-refractivity contribution in [2.75, 3.05) is 26.2 Å². The molecule has 0 saturated carbocycles. The summed E-state index contributed by atoms with van der Waals surface area (Å²) < 4.78 is 0. The zero-order valence-electron chi connectivity index (χ0n) is 10.6. The highest BCUT2D eigenvalue weighted by Crippen LogP contribution is 1.85. The molecule has 0 aliphatic carbocycles. The van der Waals surface area contributed by atoms with Gasteiger partial charge in [0.05, 0.1) is 0 Å². The van der Waals surface area contributed by atoms with Crippen molar-refractivity contribution in [3.63, 3.8) is 0 Å². The number of hydrogen-bond acceptors (Lipinski definition) is 4. The van der Waals surface area contributed by atoms with Crippen LogP contribution in [0.15, 0.2) is 0 Å². The summed E-state index contributed by atoms with van der Waals surface area (Å²) in [6.07, 6.45) is 0.0708. The first-order chi connectivity index (χ1) is 9.08. The van der Waals surface area contributed by atoms with E-state index in [9.17, 15) is 19.2 Å². The summed E-state index contributed by atoms with van der Waals surface area (Å²) in [5.41, 5.74) is 0. The van der Waals surface area contributed by atoms with E-state index in [4.69, 9.17) is 0 Å². The second-order valence-electron chi connectivity index (χ2n) is 4.11. The normalized spacial score (nSPS) is 20.2. The minimum atomic E-state index is -0.393. The van der Waals surface area contributed by atoms with E-state index < -0.39 is 11.8 Å². The lowest BCUT2D eigenvalue weighted by Gasteiger charge is -2.06. The Balaban J connectivity index is 2.45. The fourth-order valence-electron chi connectivity index (χ4n) is 1.49. The van der Waals surface area contributed by atoms with Crippen molar-refractivity contribution in [2.45, 2.75) is 19.3 Å². The molecule has 8 heteroatoms. The molecule has 0 bridgehead atoms. The van der Waals surface area contributed by atoms with Gasteiger partial charge in [-0.1, -0.05) is 0 Å². The first-order valence-electron chi connectivity index (χ1n) is 6.14. The zero-order chi connectivity index (χ0) is 14.1. The van der Waals surface area contributed by atoms with Gasteiger partial charge in [0.25, 0.3) is 0 Å². The van der Waals surface area contributed by atoms with Gasteiger partial charge in [-0.15, -0.1) is 0 Å². The Morgan fingerprint density at radius 2 is 0.842 bits per heavy atom. The van der Waals surface area contributed by atoms with Gasteiger partial charge in [-0.25, -0.2) is 0 Å². The van der Waals surface area contributed by atoms with E-state index in [1.54, 1.807) is 0 Å². The molecule has 0 radical (unpaired) electrons. The quantitative estimate of drug-likeness (QED) is 0.368. The van der Waals surface area contributed by atoms with Crippen LogP contribution in [-0.4, -0.2) is 49.8 Å². The van der Waals surface area contributed by atoms with Gasteiger partial charge in [0.15, 0.2) is 0 Å². The van der Waals surface area contributed by atoms with E-state index in [1.165, 1.54) is 0 Å². The average molecular weight is 270 g/mol. The number of nitrogens with one attached hydrogen (secondary N) is 4. The maximum Gasteiger partial charge on any atom is 0.229 e. The number of carbonyl (C=O) groups excluding carboxylic acids is 4. The molecule has 0 unspecified atom stereocenters. The molecule has 8 nitrogen and oxygen atoms in total. The van der Waals surface area contributed by atoms with Crippen molar-refractivity contribution in [3.8, 4) is 0 Å². The van der Waals surface area contributed by atoms with Crippen molar-refractivity contribution < 1.29 is 19.2 Å². The molecule has 1 heterocycles. The summed E-state index contributed by atoms with van der Waals surface area (Å²) in [6, 6.07) is 0. The molecule has 1 aliphatic rings. The third kappa shape index (κ3) is 7.02. The number of hydrogen-bond donors (Lipinski definition) is 4. The Hall–Kier alpha value is -2.12. The maximum absolute atomic E-state index is 11.3. The monoisotopic (exact) mass is 270 g/mol. The van der Waals surface area contributed by atoms with E-state index in [2.05, 4.69) is 21.3 Å². The summed E-state index contributed by atoms with van der Waals surface area (Å²) in [4.78, 5) is 45.3. The molecule has 0 spiro atoms. The number of rotatable bonds is 0. The van der Waals surface area contributed by atoms with E-state index in [-0.39, 0.29) is 37.7 Å². The Morgan fingerprint density at radius 3 is 1.21 bits per heavy atom. The van der Waals surface area contributed by atoms with Crippen LogP contribution in [0, 0.1) is 0 Å². The number of carbonyl (C=O) groups is 4. The molecular weight excluding hydrogens is 252 g/mol. The fraction of sp³-hybridized carbons (Fsp3) is 0.636. The molecule has 1 aliphatic heterocycles. The van der Waals surface area contributed by atoms with Crippen LogP contribution in [0.3, 0.4) is 0 Å². The van der Waals surface area contributed by atoms with E-state index in [1.807, 2.05) is 0 Å². The minimum Gasteiger partial charge on any atom is -0.356 e. The molecule has 106 valence electrons. The van der Waals surface area contributed by atoms with Gasteiger partial charge >= 0.3 is 0 Å². The zero-order valence-corrected chi connectivity index (χ0v) is 10.6. The van der Waals surface area contributed by atoms with E-state index in [0.717, 1.165) is 0 Å². The highest BCUT2D eigenvalue weighted by molar-refractivity contribution is 5.97.